The van der Waals surface area contributed by atoms with Crippen molar-refractivity contribution in [1.29, 1.82) is 0 Å². The second-order valence-electron chi connectivity index (χ2n) is 22.5. The van der Waals surface area contributed by atoms with E-state index in [2.05, 4.69) is 88.7 Å². The number of anilines is 2. The highest BCUT2D eigenvalue weighted by Crippen LogP contribution is 2.69. The number of carbonyl (C=O) groups is 3. The molecule has 1 aromatic heterocycles. The number of hydrogen-bond acceptors (Lipinski definition) is 12. The maximum atomic E-state index is 15.8. The van der Waals surface area contributed by atoms with Gasteiger partial charge in [0.2, 0.25) is 11.5 Å². The van der Waals surface area contributed by atoms with Gasteiger partial charge >= 0.3 is 17.9 Å². The van der Waals surface area contributed by atoms with Crippen molar-refractivity contribution in [3.05, 3.63) is 64.9 Å². The van der Waals surface area contributed by atoms with Crippen LogP contribution in [0.15, 0.2) is 42.5 Å². The van der Waals surface area contributed by atoms with Crippen LogP contribution in [-0.4, -0.2) is 145 Å². The van der Waals surface area contributed by atoms with E-state index in [1.807, 2.05) is 13.1 Å². The molecule has 72 heavy (non-hydrogen) atoms. The van der Waals surface area contributed by atoms with Crippen LogP contribution in [-0.2, 0) is 50.3 Å². The topological polar surface area (TPSA) is 126 Å². The molecule has 6 unspecified atom stereocenters. The van der Waals surface area contributed by atoms with Crippen LogP contribution in [0.4, 0.5) is 20.2 Å². The van der Waals surface area contributed by atoms with Crippen molar-refractivity contribution < 1.29 is 46.5 Å². The molecule has 3 saturated heterocycles. The van der Waals surface area contributed by atoms with Gasteiger partial charge in [0.15, 0.2) is 14.4 Å². The molecule has 2 aromatic carbocycles. The molecule has 6 aliphatic heterocycles. The number of benzene rings is 2. The van der Waals surface area contributed by atoms with Gasteiger partial charge in [0, 0.05) is 116 Å². The van der Waals surface area contributed by atoms with Gasteiger partial charge in [0.1, 0.15) is 11.2 Å². The lowest BCUT2D eigenvalue weighted by Crippen LogP contribution is -2.83. The van der Waals surface area contributed by atoms with E-state index in [1.165, 1.54) is 21.1 Å². The number of halogens is 2. The van der Waals surface area contributed by atoms with E-state index in [-0.39, 0.29) is 31.3 Å². The number of H-pyrrole nitrogens is 1. The van der Waals surface area contributed by atoms with Gasteiger partial charge in [-0.15, -0.1) is 0 Å². The first kappa shape index (κ1) is 51.0. The molecule has 16 heteroatoms. The Hall–Kier alpha value is -4.51. The average molecular weight is 1010 g/mol. The highest BCUT2D eigenvalue weighted by atomic mass is 28.4. The summed E-state index contributed by atoms with van der Waals surface area (Å²) in [5, 5.41) is 1.00. The number of ether oxygens (including phenoxy) is 4. The van der Waals surface area contributed by atoms with Gasteiger partial charge in [0.05, 0.1) is 27.4 Å². The fourth-order valence-corrected chi connectivity index (χ4v) is 19.0. The molecule has 2 bridgehead atoms. The summed E-state index contributed by atoms with van der Waals surface area (Å²) < 4.78 is 64.7. The zero-order chi connectivity index (χ0) is 51.3. The number of carbonyl (C=O) groups excluding carboxylic acids is 3. The summed E-state index contributed by atoms with van der Waals surface area (Å²) in [6.07, 6.45) is 7.59. The van der Waals surface area contributed by atoms with Crippen LogP contribution in [0.3, 0.4) is 0 Å². The second kappa shape index (κ2) is 18.4. The third-order valence-corrected chi connectivity index (χ3v) is 24.0. The minimum absolute atomic E-state index is 0.182. The molecule has 7 heterocycles. The maximum absolute atomic E-state index is 15.8. The van der Waals surface area contributed by atoms with Gasteiger partial charge in [-0.05, 0) is 118 Å². The van der Waals surface area contributed by atoms with E-state index < -0.39 is 72.1 Å². The first-order valence-corrected chi connectivity index (χ1v) is 29.4. The molecular weight excluding hydrogens is 937 g/mol. The Labute approximate surface area is 425 Å². The van der Waals surface area contributed by atoms with Crippen molar-refractivity contribution >= 4 is 48.5 Å². The van der Waals surface area contributed by atoms with Crippen molar-refractivity contribution in [2.45, 2.75) is 145 Å². The Kier molecular flexibility index (Phi) is 13.0. The van der Waals surface area contributed by atoms with Crippen LogP contribution in [0.2, 0.25) is 18.1 Å². The van der Waals surface area contributed by atoms with E-state index in [4.69, 9.17) is 23.4 Å². The summed E-state index contributed by atoms with van der Waals surface area (Å²) in [4.78, 5) is 58.3. The van der Waals surface area contributed by atoms with E-state index in [9.17, 15) is 4.79 Å². The van der Waals surface area contributed by atoms with Crippen molar-refractivity contribution in [3.8, 4) is 5.75 Å². The number of aromatic nitrogens is 1. The van der Waals surface area contributed by atoms with Crippen molar-refractivity contribution in [2.24, 2.45) is 17.3 Å². The largest absolute Gasteiger partial charge is 0.496 e. The second-order valence-corrected chi connectivity index (χ2v) is 27.2. The Morgan fingerprint density at radius 2 is 1.62 bits per heavy atom. The number of fused-ring (bicyclic) bond motifs is 6. The van der Waals surface area contributed by atoms with Gasteiger partial charge in [-0.1, -0.05) is 39.8 Å². The normalized spacial score (nSPS) is 33.1. The van der Waals surface area contributed by atoms with Gasteiger partial charge in [-0.3, -0.25) is 14.5 Å². The number of hydrogen-bond donors (Lipinski definition) is 1. The minimum atomic E-state index is -2.93. The standard InChI is InChI=1S/C56H77F2N5O8Si/c1-11-53-21-17-25-63-27-22-54(47(53)63)41-30-42(45(67-8)31-44(41)60(7)48(54)56(51(66)69-10,49(53)70-35(5)64)71-72(12-2,13-3)14-4)55(50(65)68-9)32-36-28-37(52(6,57)58)34-61(33-36)26-20-39-40-29-38(62-23-15-16-24-62)18-19-43(40)59-46(39)55/h17-19,21,29-31,36-37,47-49,59H,11-16,20,22-28,32-34H2,1-10H3/t36?,37?,47?,48?,49-,53-,54?,55-,56+/m0/s1. The molecule has 0 amide bonds. The van der Waals surface area contributed by atoms with E-state index in [1.54, 1.807) is 7.11 Å². The van der Waals surface area contributed by atoms with Crippen LogP contribution in [0.25, 0.3) is 10.9 Å². The molecule has 1 spiro atoms. The summed E-state index contributed by atoms with van der Waals surface area (Å²) in [7, 11) is 3.65. The third kappa shape index (κ3) is 7.20. The number of nitrogens with one attached hydrogen (secondary N) is 1. The number of alkyl halides is 2. The van der Waals surface area contributed by atoms with Gasteiger partial charge < -0.3 is 43.1 Å². The molecule has 1 N–H and O–H groups in total. The van der Waals surface area contributed by atoms with Crippen LogP contribution >= 0.6 is 0 Å². The lowest BCUT2D eigenvalue weighted by Gasteiger charge is -2.65. The first-order chi connectivity index (χ1) is 34.4. The molecule has 10 rings (SSSR count). The number of rotatable bonds is 13. The van der Waals surface area contributed by atoms with Crippen molar-refractivity contribution in [2.75, 3.05) is 84.0 Å². The molecule has 1 saturated carbocycles. The zero-order valence-corrected chi connectivity index (χ0v) is 45.3. The van der Waals surface area contributed by atoms with Crippen LogP contribution < -0.4 is 14.5 Å². The van der Waals surface area contributed by atoms with Crippen molar-refractivity contribution in [1.82, 2.24) is 14.8 Å². The SMILES string of the molecule is CC[C@@]12C=CCN3CCC4(c5cc([C@@]6(C(=O)OC)CC7CC(C(C)(F)F)CN(CCc8c6[nH]c6ccc(N9CCCC9)cc86)C7)c(OC)cc5N(C)C4[C@](O[Si](CC)(CC)CC)(C(=O)OC)[C@H]1OC(C)=O)C32. The molecular formula is C56H77F2N5O8Si. The highest BCUT2D eigenvalue weighted by molar-refractivity contribution is 6.73. The summed E-state index contributed by atoms with van der Waals surface area (Å²) in [6, 6.07) is 11.8. The smallest absolute Gasteiger partial charge is 0.343 e. The van der Waals surface area contributed by atoms with E-state index >= 15 is 18.4 Å². The molecule has 3 aromatic rings. The summed E-state index contributed by atoms with van der Waals surface area (Å²) >= 11 is 0. The first-order valence-electron chi connectivity index (χ1n) is 26.8. The summed E-state index contributed by atoms with van der Waals surface area (Å²) in [5.74, 6) is -5.32. The molecule has 13 nitrogen and oxygen atoms in total. The van der Waals surface area contributed by atoms with E-state index in [0.29, 0.717) is 62.4 Å². The monoisotopic (exact) mass is 1010 g/mol. The van der Waals surface area contributed by atoms with Gasteiger partial charge in [-0.2, -0.15) is 0 Å². The average Bonchev–Trinajstić information content (AvgIpc) is 4.19. The Balaban J connectivity index is 1.29. The number of likely N-dealkylation sites (N-methyl/N-ethyl adjacent to an activating group) is 1. The lowest BCUT2D eigenvalue weighted by molar-refractivity contribution is -0.224. The van der Waals surface area contributed by atoms with Gasteiger partial charge in [-0.25, -0.2) is 13.6 Å². The Bertz CT molecular complexity index is 2640. The molecule has 1 aliphatic carbocycles. The molecule has 4 fully saturated rings. The maximum Gasteiger partial charge on any atom is 0.343 e. The lowest BCUT2D eigenvalue weighted by atomic mass is 9.47. The number of piperidine rings is 1. The quantitative estimate of drug-likeness (QED) is 0.0762. The zero-order valence-electron chi connectivity index (χ0n) is 44.3. The third-order valence-electron chi connectivity index (χ3n) is 19.4. The summed E-state index contributed by atoms with van der Waals surface area (Å²) in [6.45, 7) is 15.6. The fraction of sp³-hybridized carbons (Fsp3) is 0.661. The number of methoxy groups -OCH3 is 3. The Morgan fingerprint density at radius 1 is 0.903 bits per heavy atom. The number of nitrogens with zero attached hydrogens (tertiary/aromatic N) is 4. The number of aromatic amines is 1. The molecule has 7 aliphatic rings. The van der Waals surface area contributed by atoms with Crippen LogP contribution in [0.1, 0.15) is 102 Å². The molecule has 10 atom stereocenters. The number of esters is 3. The van der Waals surface area contributed by atoms with Crippen LogP contribution in [0.5, 0.6) is 5.75 Å². The van der Waals surface area contributed by atoms with Crippen molar-refractivity contribution in [3.63, 3.8) is 0 Å². The molecule has 0 radical (unpaired) electrons. The van der Waals surface area contributed by atoms with Crippen LogP contribution in [0, 0.1) is 17.3 Å². The predicted octanol–water partition coefficient (Wildman–Crippen LogP) is 8.75. The van der Waals surface area contributed by atoms with Gasteiger partial charge in [0.25, 0.3) is 0 Å². The van der Waals surface area contributed by atoms with E-state index in [0.717, 1.165) is 84.4 Å². The Morgan fingerprint density at radius 3 is 2.26 bits per heavy atom. The molecule has 392 valence electrons. The fourth-order valence-electron chi connectivity index (χ4n) is 16.1. The summed E-state index contributed by atoms with van der Waals surface area (Å²) in [5.41, 5.74) is 0.833. The highest BCUT2D eigenvalue weighted by Gasteiger charge is 2.82. The predicted molar refractivity (Wildman–Crippen MR) is 277 cm³/mol. The minimum Gasteiger partial charge on any atom is -0.496 e.